The number of amides is 1. The number of hydrogen-bond donors (Lipinski definition) is 2. The number of carbonyl (C=O) groups is 1. The Labute approximate surface area is 143 Å². The van der Waals surface area contributed by atoms with Crippen LogP contribution in [0.4, 0.5) is 13.2 Å². The molecule has 0 fully saturated rings. The van der Waals surface area contributed by atoms with Gasteiger partial charge >= 0.3 is 6.36 Å². The zero-order valence-electron chi connectivity index (χ0n) is 13.3. The van der Waals surface area contributed by atoms with Crippen molar-refractivity contribution >= 4 is 5.91 Å². The van der Waals surface area contributed by atoms with E-state index in [0.29, 0.717) is 13.0 Å². The maximum atomic E-state index is 12.4. The highest BCUT2D eigenvalue weighted by Gasteiger charge is 2.32. The van der Waals surface area contributed by atoms with Crippen LogP contribution in [0.25, 0.3) is 0 Å². The molecule has 0 saturated carbocycles. The van der Waals surface area contributed by atoms with Gasteiger partial charge in [0.05, 0.1) is 6.04 Å². The lowest BCUT2D eigenvalue weighted by atomic mass is 9.95. The molecule has 0 saturated heterocycles. The molecule has 1 aliphatic rings. The van der Waals surface area contributed by atoms with Crippen molar-refractivity contribution in [3.63, 3.8) is 0 Å². The van der Waals surface area contributed by atoms with Crippen molar-refractivity contribution in [1.82, 2.24) is 10.6 Å². The monoisotopic (exact) mass is 350 g/mol. The van der Waals surface area contributed by atoms with Crippen molar-refractivity contribution in [2.24, 2.45) is 0 Å². The Bertz CT molecular complexity index is 762. The van der Waals surface area contributed by atoms with Gasteiger partial charge in [0.15, 0.2) is 0 Å². The van der Waals surface area contributed by atoms with Gasteiger partial charge in [0.25, 0.3) is 0 Å². The highest BCUT2D eigenvalue weighted by molar-refractivity contribution is 5.82. The standard InChI is InChI=1S/C18H17F3N2O2/c19-18(20,21)25-16-8-4-3-7-14(16)11-23-17(24)15-9-12-5-1-2-6-13(12)10-22-15/h1-8,15,22H,9-11H2,(H,23,24). The molecule has 2 aromatic carbocycles. The maximum Gasteiger partial charge on any atom is 0.573 e. The summed E-state index contributed by atoms with van der Waals surface area (Å²) in [4.78, 5) is 12.3. The average molecular weight is 350 g/mol. The average Bonchev–Trinajstić information content (AvgIpc) is 2.59. The molecule has 2 N–H and O–H groups in total. The van der Waals surface area contributed by atoms with Crippen LogP contribution < -0.4 is 15.4 Å². The van der Waals surface area contributed by atoms with E-state index < -0.39 is 12.4 Å². The molecule has 4 nitrogen and oxygen atoms in total. The summed E-state index contributed by atoms with van der Waals surface area (Å²) in [5.74, 6) is -0.562. The molecule has 7 heteroatoms. The first-order chi connectivity index (χ1) is 11.9. The van der Waals surface area contributed by atoms with Crippen molar-refractivity contribution in [1.29, 1.82) is 0 Å². The van der Waals surface area contributed by atoms with Gasteiger partial charge in [-0.3, -0.25) is 4.79 Å². The molecule has 0 aliphatic carbocycles. The van der Waals surface area contributed by atoms with E-state index >= 15 is 0 Å². The number of ether oxygens (including phenoxy) is 1. The quantitative estimate of drug-likeness (QED) is 0.892. The van der Waals surface area contributed by atoms with E-state index in [1.807, 2.05) is 24.3 Å². The van der Waals surface area contributed by atoms with Crippen LogP contribution in [-0.4, -0.2) is 18.3 Å². The van der Waals surface area contributed by atoms with Crippen LogP contribution in [0.2, 0.25) is 0 Å². The number of fused-ring (bicyclic) bond motifs is 1. The van der Waals surface area contributed by atoms with E-state index in [0.717, 1.165) is 11.1 Å². The number of carbonyl (C=O) groups excluding carboxylic acids is 1. The van der Waals surface area contributed by atoms with E-state index in [4.69, 9.17) is 0 Å². The molecule has 0 bridgehead atoms. The molecule has 1 amide bonds. The first kappa shape index (κ1) is 17.3. The second-order valence-electron chi connectivity index (χ2n) is 5.78. The highest BCUT2D eigenvalue weighted by Crippen LogP contribution is 2.26. The lowest BCUT2D eigenvalue weighted by Gasteiger charge is -2.25. The third-order valence-electron chi connectivity index (χ3n) is 4.05. The van der Waals surface area contributed by atoms with Crippen LogP contribution in [0.1, 0.15) is 16.7 Å². The molecule has 1 aliphatic heterocycles. The van der Waals surface area contributed by atoms with Crippen LogP contribution >= 0.6 is 0 Å². The van der Waals surface area contributed by atoms with E-state index in [-0.39, 0.29) is 23.8 Å². The molecule has 3 rings (SSSR count). The zero-order chi connectivity index (χ0) is 17.9. The van der Waals surface area contributed by atoms with Gasteiger partial charge in [0, 0.05) is 18.7 Å². The second-order valence-corrected chi connectivity index (χ2v) is 5.78. The summed E-state index contributed by atoms with van der Waals surface area (Å²) < 4.78 is 41.3. The lowest BCUT2D eigenvalue weighted by Crippen LogP contribution is -2.47. The largest absolute Gasteiger partial charge is 0.573 e. The summed E-state index contributed by atoms with van der Waals surface area (Å²) >= 11 is 0. The Hall–Kier alpha value is -2.54. The third kappa shape index (κ3) is 4.51. The summed E-state index contributed by atoms with van der Waals surface area (Å²) in [5.41, 5.74) is 2.52. The van der Waals surface area contributed by atoms with E-state index in [2.05, 4.69) is 15.4 Å². The molecule has 0 aromatic heterocycles. The van der Waals surface area contributed by atoms with Gasteiger partial charge in [-0.2, -0.15) is 0 Å². The maximum absolute atomic E-state index is 12.4. The van der Waals surface area contributed by atoms with Gasteiger partial charge in [-0.15, -0.1) is 13.2 Å². The lowest BCUT2D eigenvalue weighted by molar-refractivity contribution is -0.274. The van der Waals surface area contributed by atoms with Crippen molar-refractivity contribution < 1.29 is 22.7 Å². The molecule has 1 heterocycles. The fraction of sp³-hybridized carbons (Fsp3) is 0.278. The molecule has 2 aromatic rings. The smallest absolute Gasteiger partial charge is 0.405 e. The minimum atomic E-state index is -4.77. The number of para-hydroxylation sites is 1. The van der Waals surface area contributed by atoms with Crippen molar-refractivity contribution in [3.05, 3.63) is 65.2 Å². The zero-order valence-corrected chi connectivity index (χ0v) is 13.3. The van der Waals surface area contributed by atoms with Crippen LogP contribution in [0.15, 0.2) is 48.5 Å². The van der Waals surface area contributed by atoms with Gasteiger partial charge in [0.1, 0.15) is 5.75 Å². The Morgan fingerprint density at radius 2 is 1.80 bits per heavy atom. The molecular formula is C18H17F3N2O2. The Kier molecular flexibility index (Phi) is 4.94. The van der Waals surface area contributed by atoms with Crippen molar-refractivity contribution in [3.8, 4) is 5.75 Å². The summed E-state index contributed by atoms with van der Waals surface area (Å²) in [6.07, 6.45) is -4.22. The van der Waals surface area contributed by atoms with Crippen LogP contribution in [0, 0.1) is 0 Å². The molecule has 25 heavy (non-hydrogen) atoms. The Morgan fingerprint density at radius 1 is 1.12 bits per heavy atom. The van der Waals surface area contributed by atoms with Crippen LogP contribution in [0.3, 0.4) is 0 Å². The molecule has 1 atom stereocenters. The summed E-state index contributed by atoms with van der Waals surface area (Å²) in [6, 6.07) is 13.2. The Morgan fingerprint density at radius 3 is 2.56 bits per heavy atom. The SMILES string of the molecule is O=C(NCc1ccccc1OC(F)(F)F)C1Cc2ccccc2CN1. The number of halogens is 3. The fourth-order valence-electron chi connectivity index (χ4n) is 2.82. The van der Waals surface area contributed by atoms with Crippen LogP contribution in [0.5, 0.6) is 5.75 Å². The minimum absolute atomic E-state index is 0.0368. The first-order valence-electron chi connectivity index (χ1n) is 7.84. The summed E-state index contributed by atoms with van der Waals surface area (Å²) in [6.45, 7) is 0.549. The number of hydrogen-bond acceptors (Lipinski definition) is 3. The molecule has 0 radical (unpaired) electrons. The van der Waals surface area contributed by atoms with E-state index in [9.17, 15) is 18.0 Å². The number of nitrogens with one attached hydrogen (secondary N) is 2. The topological polar surface area (TPSA) is 50.4 Å². The van der Waals surface area contributed by atoms with Gasteiger partial charge in [-0.25, -0.2) is 0 Å². The predicted molar refractivity (Wildman–Crippen MR) is 85.7 cm³/mol. The molecule has 1 unspecified atom stereocenters. The number of rotatable bonds is 4. The summed E-state index contributed by atoms with van der Waals surface area (Å²) in [7, 11) is 0. The third-order valence-corrected chi connectivity index (χ3v) is 4.05. The second kappa shape index (κ2) is 7.14. The Balaban J connectivity index is 1.62. The fourth-order valence-corrected chi connectivity index (χ4v) is 2.82. The summed E-state index contributed by atoms with van der Waals surface area (Å²) in [5, 5.41) is 5.82. The van der Waals surface area contributed by atoms with Gasteiger partial charge < -0.3 is 15.4 Å². The minimum Gasteiger partial charge on any atom is -0.405 e. The molecule has 132 valence electrons. The van der Waals surface area contributed by atoms with Crippen molar-refractivity contribution in [2.45, 2.75) is 31.9 Å². The number of alkyl halides is 3. The van der Waals surface area contributed by atoms with Crippen LogP contribution in [-0.2, 0) is 24.3 Å². The van der Waals surface area contributed by atoms with Gasteiger partial charge in [0.2, 0.25) is 5.91 Å². The first-order valence-corrected chi connectivity index (χ1v) is 7.84. The predicted octanol–water partition coefficient (Wildman–Crippen LogP) is 2.92. The highest BCUT2D eigenvalue weighted by atomic mass is 19.4. The van der Waals surface area contributed by atoms with E-state index in [1.165, 1.54) is 18.2 Å². The molecule has 0 spiro atoms. The van der Waals surface area contributed by atoms with E-state index in [1.54, 1.807) is 6.07 Å². The van der Waals surface area contributed by atoms with Gasteiger partial charge in [-0.1, -0.05) is 42.5 Å². The number of benzene rings is 2. The molecular weight excluding hydrogens is 333 g/mol. The van der Waals surface area contributed by atoms with Crippen molar-refractivity contribution in [2.75, 3.05) is 0 Å². The normalized spacial score (nSPS) is 16.8. The van der Waals surface area contributed by atoms with Gasteiger partial charge in [-0.05, 0) is 23.6 Å².